The van der Waals surface area contributed by atoms with Crippen molar-refractivity contribution < 1.29 is 9.59 Å². The van der Waals surface area contributed by atoms with Gasteiger partial charge in [-0.25, -0.2) is 0 Å². The number of nitrogens with one attached hydrogen (secondary N) is 1. The molecule has 2 aromatic carbocycles. The van der Waals surface area contributed by atoms with Gasteiger partial charge in [-0.2, -0.15) is 5.26 Å². The van der Waals surface area contributed by atoms with Gasteiger partial charge in [0.2, 0.25) is 0 Å². The van der Waals surface area contributed by atoms with Gasteiger partial charge in [-0.15, -0.1) is 0 Å². The Balaban J connectivity index is 2.14. The van der Waals surface area contributed by atoms with Crippen molar-refractivity contribution in [3.05, 3.63) is 65.2 Å². The van der Waals surface area contributed by atoms with E-state index in [0.717, 1.165) is 5.56 Å². The summed E-state index contributed by atoms with van der Waals surface area (Å²) in [6.07, 6.45) is 0. The molecule has 0 spiro atoms. The van der Waals surface area contributed by atoms with Gasteiger partial charge in [0.05, 0.1) is 11.6 Å². The second-order valence-corrected chi connectivity index (χ2v) is 4.29. The lowest BCUT2D eigenvalue weighted by Crippen LogP contribution is -2.23. The van der Waals surface area contributed by atoms with Gasteiger partial charge in [0, 0.05) is 11.3 Å². The standard InChI is InChI=1S/C16H12N2O2/c1-11-4-2-3-5-14(11)15(19)16(20)18-13-8-6-12(10-17)7-9-13/h2-9H,1H3,(H,18,20). The number of ketones is 1. The van der Waals surface area contributed by atoms with Gasteiger partial charge in [-0.1, -0.05) is 24.3 Å². The summed E-state index contributed by atoms with van der Waals surface area (Å²) in [5.41, 5.74) is 2.12. The van der Waals surface area contributed by atoms with Crippen LogP contribution in [0.4, 0.5) is 5.69 Å². The van der Waals surface area contributed by atoms with Gasteiger partial charge < -0.3 is 5.32 Å². The lowest BCUT2D eigenvalue weighted by atomic mass is 10.0. The highest BCUT2D eigenvalue weighted by molar-refractivity contribution is 6.46. The number of rotatable bonds is 3. The number of carbonyl (C=O) groups is 2. The monoisotopic (exact) mass is 264 g/mol. The first kappa shape index (κ1) is 13.5. The molecule has 0 aliphatic heterocycles. The van der Waals surface area contributed by atoms with Crippen LogP contribution in [0.2, 0.25) is 0 Å². The molecule has 0 aliphatic carbocycles. The highest BCUT2D eigenvalue weighted by atomic mass is 16.2. The molecule has 0 radical (unpaired) electrons. The predicted octanol–water partition coefficient (Wildman–Crippen LogP) is 2.69. The van der Waals surface area contributed by atoms with E-state index in [1.165, 1.54) is 0 Å². The average Bonchev–Trinajstić information content (AvgIpc) is 2.48. The molecule has 0 fully saturated rings. The summed E-state index contributed by atoms with van der Waals surface area (Å²) in [5.74, 6) is -1.27. The molecule has 0 aromatic heterocycles. The fraction of sp³-hybridized carbons (Fsp3) is 0.0625. The Hall–Kier alpha value is -2.93. The van der Waals surface area contributed by atoms with E-state index in [1.807, 2.05) is 12.1 Å². The first-order valence-electron chi connectivity index (χ1n) is 6.03. The highest BCUT2D eigenvalue weighted by Gasteiger charge is 2.17. The lowest BCUT2D eigenvalue weighted by molar-refractivity contribution is -0.112. The van der Waals surface area contributed by atoms with Crippen LogP contribution in [0.3, 0.4) is 0 Å². The minimum Gasteiger partial charge on any atom is -0.319 e. The van der Waals surface area contributed by atoms with E-state index in [-0.39, 0.29) is 0 Å². The minimum atomic E-state index is -0.691. The molecule has 20 heavy (non-hydrogen) atoms. The first-order valence-corrected chi connectivity index (χ1v) is 6.03. The summed E-state index contributed by atoms with van der Waals surface area (Å²) < 4.78 is 0. The molecule has 0 saturated heterocycles. The van der Waals surface area contributed by atoms with Crippen LogP contribution in [-0.2, 0) is 4.79 Å². The van der Waals surface area contributed by atoms with Crippen LogP contribution in [0.5, 0.6) is 0 Å². The molecule has 2 rings (SSSR count). The largest absolute Gasteiger partial charge is 0.319 e. The molecule has 98 valence electrons. The van der Waals surface area contributed by atoms with Gasteiger partial charge >= 0.3 is 0 Å². The second-order valence-electron chi connectivity index (χ2n) is 4.29. The molecular weight excluding hydrogens is 252 g/mol. The number of hydrogen-bond acceptors (Lipinski definition) is 3. The number of aryl methyl sites for hydroxylation is 1. The Labute approximate surface area is 116 Å². The normalized spacial score (nSPS) is 9.60. The SMILES string of the molecule is Cc1ccccc1C(=O)C(=O)Nc1ccc(C#N)cc1. The van der Waals surface area contributed by atoms with Crippen molar-refractivity contribution in [3.8, 4) is 6.07 Å². The molecule has 0 aliphatic rings. The number of hydrogen-bond donors (Lipinski definition) is 1. The lowest BCUT2D eigenvalue weighted by Gasteiger charge is -2.06. The van der Waals surface area contributed by atoms with Crippen LogP contribution in [0.15, 0.2) is 48.5 Å². The molecule has 4 heteroatoms. The van der Waals surface area contributed by atoms with E-state index in [9.17, 15) is 9.59 Å². The minimum absolute atomic E-state index is 0.388. The first-order chi connectivity index (χ1) is 9.61. The fourth-order valence-electron chi connectivity index (χ4n) is 1.77. The van der Waals surface area contributed by atoms with Crippen LogP contribution in [0.1, 0.15) is 21.5 Å². The molecular formula is C16H12N2O2. The van der Waals surface area contributed by atoms with E-state index >= 15 is 0 Å². The number of nitriles is 1. The summed E-state index contributed by atoms with van der Waals surface area (Å²) >= 11 is 0. The zero-order valence-corrected chi connectivity index (χ0v) is 10.9. The summed E-state index contributed by atoms with van der Waals surface area (Å²) in [5, 5.41) is 11.2. The topological polar surface area (TPSA) is 70.0 Å². The third kappa shape index (κ3) is 2.90. The van der Waals surface area contributed by atoms with Crippen molar-refractivity contribution in [3.63, 3.8) is 0 Å². The van der Waals surface area contributed by atoms with Crippen LogP contribution >= 0.6 is 0 Å². The second kappa shape index (κ2) is 5.81. The molecule has 0 bridgehead atoms. The molecule has 0 atom stereocenters. The van der Waals surface area contributed by atoms with Crippen LogP contribution in [0, 0.1) is 18.3 Å². The summed E-state index contributed by atoms with van der Waals surface area (Å²) in [4.78, 5) is 23.9. The van der Waals surface area contributed by atoms with Gasteiger partial charge in [0.1, 0.15) is 0 Å². The predicted molar refractivity (Wildman–Crippen MR) is 75.3 cm³/mol. The smallest absolute Gasteiger partial charge is 0.296 e. The summed E-state index contributed by atoms with van der Waals surface area (Å²) in [6.45, 7) is 1.78. The van der Waals surface area contributed by atoms with Gasteiger partial charge in [-0.05, 0) is 36.8 Å². The highest BCUT2D eigenvalue weighted by Crippen LogP contribution is 2.12. The van der Waals surface area contributed by atoms with Crippen LogP contribution in [0.25, 0.3) is 0 Å². The number of anilines is 1. The average molecular weight is 264 g/mol. The van der Waals surface area contributed by atoms with Crippen molar-refractivity contribution in [2.24, 2.45) is 0 Å². The Morgan fingerprint density at radius 2 is 1.70 bits per heavy atom. The molecule has 0 unspecified atom stereocenters. The van der Waals surface area contributed by atoms with E-state index in [0.29, 0.717) is 16.8 Å². The molecule has 1 amide bonds. The summed E-state index contributed by atoms with van der Waals surface area (Å²) in [6, 6.07) is 15.2. The number of amides is 1. The zero-order chi connectivity index (χ0) is 14.5. The Morgan fingerprint density at radius 1 is 1.05 bits per heavy atom. The number of benzene rings is 2. The summed E-state index contributed by atoms with van der Waals surface area (Å²) in [7, 11) is 0. The number of Topliss-reactive ketones (excluding diaryl/α,β-unsaturated/α-hetero) is 1. The van der Waals surface area contributed by atoms with Gasteiger partial charge in [0.15, 0.2) is 0 Å². The van der Waals surface area contributed by atoms with Crippen molar-refractivity contribution in [2.45, 2.75) is 6.92 Å². The van der Waals surface area contributed by atoms with Gasteiger partial charge in [0.25, 0.3) is 11.7 Å². The maximum absolute atomic E-state index is 12.0. The number of carbonyl (C=O) groups excluding carboxylic acids is 2. The Kier molecular flexibility index (Phi) is 3.92. The van der Waals surface area contributed by atoms with Crippen molar-refractivity contribution in [1.82, 2.24) is 0 Å². The van der Waals surface area contributed by atoms with E-state index < -0.39 is 11.7 Å². The fourth-order valence-corrected chi connectivity index (χ4v) is 1.77. The zero-order valence-electron chi connectivity index (χ0n) is 10.9. The third-order valence-corrected chi connectivity index (χ3v) is 2.87. The third-order valence-electron chi connectivity index (χ3n) is 2.87. The maximum atomic E-state index is 12.0. The van der Waals surface area contributed by atoms with Gasteiger partial charge in [-0.3, -0.25) is 9.59 Å². The van der Waals surface area contributed by atoms with Crippen molar-refractivity contribution in [2.75, 3.05) is 5.32 Å². The van der Waals surface area contributed by atoms with E-state index in [4.69, 9.17) is 5.26 Å². The molecule has 2 aromatic rings. The molecule has 1 N–H and O–H groups in total. The molecule has 4 nitrogen and oxygen atoms in total. The maximum Gasteiger partial charge on any atom is 0.296 e. The Morgan fingerprint density at radius 3 is 2.30 bits per heavy atom. The van der Waals surface area contributed by atoms with Crippen LogP contribution in [-0.4, -0.2) is 11.7 Å². The Bertz CT molecular complexity index is 697. The van der Waals surface area contributed by atoms with E-state index in [1.54, 1.807) is 49.4 Å². The van der Waals surface area contributed by atoms with E-state index in [2.05, 4.69) is 5.32 Å². The molecule has 0 saturated carbocycles. The quantitative estimate of drug-likeness (QED) is 0.684. The van der Waals surface area contributed by atoms with Crippen LogP contribution < -0.4 is 5.32 Å². The molecule has 0 heterocycles. The number of nitrogens with zero attached hydrogens (tertiary/aromatic N) is 1. The van der Waals surface area contributed by atoms with Crippen molar-refractivity contribution in [1.29, 1.82) is 5.26 Å². The van der Waals surface area contributed by atoms with Crippen molar-refractivity contribution >= 4 is 17.4 Å².